The quantitative estimate of drug-likeness (QED) is 0.680. The van der Waals surface area contributed by atoms with Crippen LogP contribution in [0.2, 0.25) is 0 Å². The molecule has 1 atom stereocenters. The maximum absolute atomic E-state index is 5.43. The molecule has 1 rings (SSSR count). The fraction of sp³-hybridized carbons (Fsp3) is 0.417. The molecule has 0 aliphatic rings. The summed E-state index contributed by atoms with van der Waals surface area (Å²) < 4.78 is 0. The third-order valence-corrected chi connectivity index (χ3v) is 2.82. The van der Waals surface area contributed by atoms with Crippen molar-refractivity contribution < 1.29 is 0 Å². The van der Waals surface area contributed by atoms with Gasteiger partial charge in [0.25, 0.3) is 0 Å². The summed E-state index contributed by atoms with van der Waals surface area (Å²) in [4.78, 5) is 0. The van der Waals surface area contributed by atoms with Crippen molar-refractivity contribution in [1.29, 1.82) is 0 Å². The minimum Gasteiger partial charge on any atom is -0.156 e. The lowest BCUT2D eigenvalue weighted by molar-refractivity contribution is 0.647. The van der Waals surface area contributed by atoms with Crippen LogP contribution in [0.4, 0.5) is 0 Å². The molecule has 0 heterocycles. The Morgan fingerprint density at radius 1 is 1.31 bits per heavy atom. The highest BCUT2D eigenvalue weighted by Gasteiger charge is 2.07. The van der Waals surface area contributed by atoms with E-state index in [2.05, 4.69) is 37.3 Å². The van der Waals surface area contributed by atoms with E-state index in [0.29, 0.717) is 5.92 Å². The fourth-order valence-corrected chi connectivity index (χ4v) is 1.96. The topological polar surface area (TPSA) is 0 Å². The molecule has 1 aromatic carbocycles. The fourth-order valence-electron chi connectivity index (χ4n) is 1.54. The number of thioether (sulfide) groups is 1. The molecule has 0 aliphatic heterocycles. The molecule has 1 unspecified atom stereocenters. The highest BCUT2D eigenvalue weighted by Crippen LogP contribution is 2.24. The Kier molecular flexibility index (Phi) is 4.99. The van der Waals surface area contributed by atoms with Crippen molar-refractivity contribution in [1.82, 2.24) is 0 Å². The summed E-state index contributed by atoms with van der Waals surface area (Å²) in [5, 5.41) is 0. The van der Waals surface area contributed by atoms with Crippen molar-refractivity contribution in [3.8, 4) is 0 Å². The number of benzene rings is 1. The van der Waals surface area contributed by atoms with Crippen LogP contribution in [0.25, 0.3) is 0 Å². The van der Waals surface area contributed by atoms with Crippen molar-refractivity contribution in [2.24, 2.45) is 0 Å². The van der Waals surface area contributed by atoms with E-state index in [-0.39, 0.29) is 0 Å². The van der Waals surface area contributed by atoms with E-state index in [1.807, 2.05) is 0 Å². The second-order valence-corrected chi connectivity index (χ2v) is 3.92. The Morgan fingerprint density at radius 3 is 2.54 bits per heavy atom. The van der Waals surface area contributed by atoms with Crippen LogP contribution in [-0.4, -0.2) is 5.75 Å². The normalized spacial score (nSPS) is 12.8. The van der Waals surface area contributed by atoms with Crippen LogP contribution >= 0.6 is 11.8 Å². The molecule has 0 N–H and O–H groups in total. The van der Waals surface area contributed by atoms with Gasteiger partial charge in [0.1, 0.15) is 0 Å². The summed E-state index contributed by atoms with van der Waals surface area (Å²) >= 11 is 1.44. The molecule has 0 saturated heterocycles. The van der Waals surface area contributed by atoms with E-state index in [4.69, 9.17) is 6.26 Å². The molecule has 0 aromatic heterocycles. The molecule has 2 radical (unpaired) electrons. The average molecular weight is 192 g/mol. The average Bonchev–Trinajstić information content (AvgIpc) is 2.21. The van der Waals surface area contributed by atoms with Crippen LogP contribution in [-0.2, 0) is 0 Å². The first-order chi connectivity index (χ1) is 6.38. The molecule has 70 valence electrons. The zero-order valence-corrected chi connectivity index (χ0v) is 8.89. The molecule has 0 aliphatic carbocycles. The van der Waals surface area contributed by atoms with Crippen LogP contribution in [0.1, 0.15) is 31.2 Å². The third-order valence-electron chi connectivity index (χ3n) is 2.35. The van der Waals surface area contributed by atoms with Crippen molar-refractivity contribution in [3.05, 3.63) is 42.2 Å². The highest BCUT2D eigenvalue weighted by atomic mass is 32.2. The van der Waals surface area contributed by atoms with Gasteiger partial charge in [0, 0.05) is 6.26 Å². The first kappa shape index (κ1) is 10.6. The molecule has 0 amide bonds. The summed E-state index contributed by atoms with van der Waals surface area (Å²) in [5.74, 6) is 1.73. The molecule has 0 saturated carbocycles. The Morgan fingerprint density at radius 2 is 2.00 bits per heavy atom. The lowest BCUT2D eigenvalue weighted by Gasteiger charge is -2.13. The van der Waals surface area contributed by atoms with Crippen molar-refractivity contribution in [3.63, 3.8) is 0 Å². The largest absolute Gasteiger partial charge is 0.156 e. The van der Waals surface area contributed by atoms with Crippen LogP contribution < -0.4 is 0 Å². The zero-order valence-electron chi connectivity index (χ0n) is 8.07. The molecule has 0 bridgehead atoms. The summed E-state index contributed by atoms with van der Waals surface area (Å²) in [6.45, 7) is 2.23. The van der Waals surface area contributed by atoms with E-state index < -0.39 is 0 Å². The maximum atomic E-state index is 5.43. The summed E-state index contributed by atoms with van der Waals surface area (Å²) in [6, 6.07) is 10.7. The van der Waals surface area contributed by atoms with Crippen LogP contribution in [0.15, 0.2) is 30.3 Å². The second kappa shape index (κ2) is 6.09. The van der Waals surface area contributed by atoms with Gasteiger partial charge < -0.3 is 0 Å². The minimum atomic E-state index is 0.678. The van der Waals surface area contributed by atoms with Gasteiger partial charge in [-0.1, -0.05) is 37.3 Å². The second-order valence-electron chi connectivity index (χ2n) is 3.18. The van der Waals surface area contributed by atoms with Gasteiger partial charge in [-0.15, -0.1) is 0 Å². The van der Waals surface area contributed by atoms with E-state index >= 15 is 0 Å². The molecule has 1 heteroatoms. The lowest BCUT2D eigenvalue weighted by Crippen LogP contribution is -1.98. The van der Waals surface area contributed by atoms with Gasteiger partial charge in [-0.25, -0.2) is 0 Å². The van der Waals surface area contributed by atoms with Gasteiger partial charge in [0.15, 0.2) is 0 Å². The molecule has 0 nitrogen and oxygen atoms in total. The highest BCUT2D eigenvalue weighted by molar-refractivity contribution is 8.00. The van der Waals surface area contributed by atoms with Crippen LogP contribution in [0.3, 0.4) is 0 Å². The predicted octanol–water partition coefficient (Wildman–Crippen LogP) is 3.97. The van der Waals surface area contributed by atoms with Crippen LogP contribution in [0.5, 0.6) is 0 Å². The molecule has 0 fully saturated rings. The summed E-state index contributed by atoms with van der Waals surface area (Å²) in [7, 11) is 0. The Hall–Kier alpha value is -0.430. The number of rotatable bonds is 5. The monoisotopic (exact) mass is 192 g/mol. The van der Waals surface area contributed by atoms with Crippen LogP contribution in [0, 0.1) is 6.26 Å². The summed E-state index contributed by atoms with van der Waals surface area (Å²) in [6.07, 6.45) is 7.81. The van der Waals surface area contributed by atoms with E-state index in [1.165, 1.54) is 30.2 Å². The van der Waals surface area contributed by atoms with Gasteiger partial charge in [-0.3, -0.25) is 0 Å². The first-order valence-corrected chi connectivity index (χ1v) is 5.80. The molecule has 13 heavy (non-hydrogen) atoms. The third kappa shape index (κ3) is 3.43. The molecule has 1 aromatic rings. The van der Waals surface area contributed by atoms with Crippen molar-refractivity contribution in [2.75, 3.05) is 5.75 Å². The number of hydrogen-bond acceptors (Lipinski definition) is 1. The maximum Gasteiger partial charge on any atom is 0.0307 e. The summed E-state index contributed by atoms with van der Waals surface area (Å²) in [5.41, 5.74) is 1.44. The lowest BCUT2D eigenvalue weighted by atomic mass is 9.94. The van der Waals surface area contributed by atoms with Crippen molar-refractivity contribution in [2.45, 2.75) is 25.7 Å². The van der Waals surface area contributed by atoms with Gasteiger partial charge >= 0.3 is 0 Å². The standard InChI is InChI=1S/C12H16S/c1-3-11(9-10-13-2)12-7-5-4-6-8-12/h2,4-8,11H,3,9-10H2,1H3. The molecular weight excluding hydrogens is 176 g/mol. The molecular formula is C12H16S. The zero-order chi connectivity index (χ0) is 9.52. The van der Waals surface area contributed by atoms with Gasteiger partial charge in [-0.05, 0) is 30.1 Å². The minimum absolute atomic E-state index is 0.678. The molecule has 0 spiro atoms. The van der Waals surface area contributed by atoms with Gasteiger partial charge in [0.05, 0.1) is 0 Å². The van der Waals surface area contributed by atoms with Crippen molar-refractivity contribution >= 4 is 11.8 Å². The predicted molar refractivity (Wildman–Crippen MR) is 60.8 cm³/mol. The SMILES string of the molecule is [CH]SCCC(CC)c1ccccc1. The smallest absolute Gasteiger partial charge is 0.0307 e. The Bertz CT molecular complexity index is 218. The first-order valence-electron chi connectivity index (χ1n) is 4.75. The Labute approximate surface area is 85.7 Å². The van der Waals surface area contributed by atoms with E-state index in [1.54, 1.807) is 0 Å². The number of hydrogen-bond donors (Lipinski definition) is 0. The van der Waals surface area contributed by atoms with Gasteiger partial charge in [-0.2, -0.15) is 11.8 Å². The van der Waals surface area contributed by atoms with Gasteiger partial charge in [0.2, 0.25) is 0 Å². The Balaban J connectivity index is 2.56. The van der Waals surface area contributed by atoms with E-state index in [0.717, 1.165) is 5.75 Å². The van der Waals surface area contributed by atoms with E-state index in [9.17, 15) is 0 Å².